The van der Waals surface area contributed by atoms with Crippen molar-refractivity contribution >= 4 is 5.82 Å². The Morgan fingerprint density at radius 1 is 1.32 bits per heavy atom. The number of hydrogen-bond donors (Lipinski definition) is 0. The summed E-state index contributed by atoms with van der Waals surface area (Å²) in [5, 5.41) is 8.36. The zero-order valence-corrected chi connectivity index (χ0v) is 11.4. The van der Waals surface area contributed by atoms with Crippen LogP contribution >= 0.6 is 0 Å². The maximum Gasteiger partial charge on any atom is 0.233 e. The quantitative estimate of drug-likeness (QED) is 0.798. The lowest BCUT2D eigenvalue weighted by atomic mass is 9.87. The number of rotatable bonds is 2. The zero-order chi connectivity index (χ0) is 12.9. The fraction of sp³-hybridized carbons (Fsp3) is 0.714. The van der Waals surface area contributed by atoms with Gasteiger partial charge in [0.1, 0.15) is 0 Å². The van der Waals surface area contributed by atoms with Crippen LogP contribution in [0.5, 0.6) is 5.88 Å². The summed E-state index contributed by atoms with van der Waals surface area (Å²) >= 11 is 0. The predicted octanol–water partition coefficient (Wildman–Crippen LogP) is 1.16. The summed E-state index contributed by atoms with van der Waals surface area (Å²) < 4.78 is 5.06. The van der Waals surface area contributed by atoms with Gasteiger partial charge in [0, 0.05) is 31.2 Å². The van der Waals surface area contributed by atoms with Crippen LogP contribution in [0.15, 0.2) is 12.1 Å². The molecule has 0 aliphatic carbocycles. The van der Waals surface area contributed by atoms with Gasteiger partial charge in [-0.1, -0.05) is 0 Å². The van der Waals surface area contributed by atoms with Crippen LogP contribution in [-0.2, 0) is 0 Å². The van der Waals surface area contributed by atoms with Crippen molar-refractivity contribution in [2.24, 2.45) is 5.92 Å². The number of methoxy groups -OCH3 is 1. The van der Waals surface area contributed by atoms with Crippen molar-refractivity contribution in [3.05, 3.63) is 12.1 Å². The average Bonchev–Trinajstić information content (AvgIpc) is 3.15. The number of fused-ring (bicyclic) bond motifs is 3. The Labute approximate surface area is 113 Å². The van der Waals surface area contributed by atoms with Gasteiger partial charge in [0.15, 0.2) is 5.82 Å². The van der Waals surface area contributed by atoms with E-state index in [0.717, 1.165) is 24.8 Å². The standard InChI is InChI=1S/C14H20N4O/c1-19-13-3-2-12(15-16-13)17-7-5-14(10-17)8-11-4-6-18(14)9-11/h2-3,11H,4-10H2,1H3. The molecular weight excluding hydrogens is 240 g/mol. The minimum absolute atomic E-state index is 0.435. The molecule has 1 spiro atoms. The number of anilines is 1. The summed E-state index contributed by atoms with van der Waals surface area (Å²) in [7, 11) is 1.62. The van der Waals surface area contributed by atoms with Crippen LogP contribution < -0.4 is 9.64 Å². The number of piperidine rings is 1. The number of ether oxygens (including phenoxy) is 1. The molecule has 3 aliphatic rings. The van der Waals surface area contributed by atoms with E-state index in [0.29, 0.717) is 11.4 Å². The lowest BCUT2D eigenvalue weighted by molar-refractivity contribution is 0.155. The molecule has 1 aromatic rings. The fourth-order valence-electron chi connectivity index (χ4n) is 4.16. The first-order valence-corrected chi connectivity index (χ1v) is 7.17. The smallest absolute Gasteiger partial charge is 0.233 e. The molecule has 3 fully saturated rings. The van der Waals surface area contributed by atoms with E-state index in [2.05, 4.69) is 20.0 Å². The van der Waals surface area contributed by atoms with Crippen molar-refractivity contribution in [2.75, 3.05) is 38.2 Å². The summed E-state index contributed by atoms with van der Waals surface area (Å²) in [5.74, 6) is 2.52. The van der Waals surface area contributed by atoms with Gasteiger partial charge in [0.2, 0.25) is 5.88 Å². The molecule has 102 valence electrons. The molecule has 4 heterocycles. The van der Waals surface area contributed by atoms with E-state index >= 15 is 0 Å². The highest BCUT2D eigenvalue weighted by Gasteiger charge is 2.52. The minimum Gasteiger partial charge on any atom is -0.480 e. The van der Waals surface area contributed by atoms with Crippen LogP contribution in [0.2, 0.25) is 0 Å². The van der Waals surface area contributed by atoms with Gasteiger partial charge in [-0.2, -0.15) is 0 Å². The Bertz CT molecular complexity index is 477. The molecule has 1 aromatic heterocycles. The van der Waals surface area contributed by atoms with Gasteiger partial charge >= 0.3 is 0 Å². The van der Waals surface area contributed by atoms with Crippen LogP contribution in [0, 0.1) is 5.92 Å². The van der Waals surface area contributed by atoms with Gasteiger partial charge in [0.25, 0.3) is 0 Å². The zero-order valence-electron chi connectivity index (χ0n) is 11.4. The lowest BCUT2D eigenvalue weighted by Gasteiger charge is -2.36. The maximum atomic E-state index is 5.06. The Balaban J connectivity index is 1.52. The van der Waals surface area contributed by atoms with Crippen molar-refractivity contribution < 1.29 is 4.74 Å². The van der Waals surface area contributed by atoms with Crippen LogP contribution in [0.1, 0.15) is 19.3 Å². The number of hydrogen-bond acceptors (Lipinski definition) is 5. The van der Waals surface area contributed by atoms with Crippen LogP contribution in [0.25, 0.3) is 0 Å². The number of nitrogens with zero attached hydrogens (tertiary/aromatic N) is 4. The maximum absolute atomic E-state index is 5.06. The molecule has 0 radical (unpaired) electrons. The van der Waals surface area contributed by atoms with Crippen molar-refractivity contribution in [3.8, 4) is 5.88 Å². The molecule has 2 bridgehead atoms. The van der Waals surface area contributed by atoms with Gasteiger partial charge in [-0.05, 0) is 37.8 Å². The summed E-state index contributed by atoms with van der Waals surface area (Å²) in [6.45, 7) is 4.84. The number of aromatic nitrogens is 2. The topological polar surface area (TPSA) is 41.5 Å². The molecule has 0 aromatic carbocycles. The summed E-state index contributed by atoms with van der Waals surface area (Å²) in [6.07, 6.45) is 4.06. The Morgan fingerprint density at radius 3 is 2.89 bits per heavy atom. The summed E-state index contributed by atoms with van der Waals surface area (Å²) in [5.41, 5.74) is 0.435. The van der Waals surface area contributed by atoms with Crippen molar-refractivity contribution in [1.82, 2.24) is 15.1 Å². The summed E-state index contributed by atoms with van der Waals surface area (Å²) in [6, 6.07) is 3.92. The highest BCUT2D eigenvalue weighted by Crippen LogP contribution is 2.46. The molecule has 3 atom stereocenters. The van der Waals surface area contributed by atoms with E-state index in [1.54, 1.807) is 7.11 Å². The van der Waals surface area contributed by atoms with E-state index in [9.17, 15) is 0 Å². The van der Waals surface area contributed by atoms with E-state index in [-0.39, 0.29) is 0 Å². The van der Waals surface area contributed by atoms with Gasteiger partial charge in [0.05, 0.1) is 7.11 Å². The van der Waals surface area contributed by atoms with E-state index < -0.39 is 0 Å². The highest BCUT2D eigenvalue weighted by atomic mass is 16.5. The van der Waals surface area contributed by atoms with Crippen molar-refractivity contribution in [1.29, 1.82) is 0 Å². The largest absolute Gasteiger partial charge is 0.480 e. The summed E-state index contributed by atoms with van der Waals surface area (Å²) in [4.78, 5) is 5.10. The second kappa shape index (κ2) is 4.07. The third-order valence-electron chi connectivity index (χ3n) is 5.12. The van der Waals surface area contributed by atoms with Crippen LogP contribution in [0.4, 0.5) is 5.82 Å². The SMILES string of the molecule is COc1ccc(N2CCC3(CC4CCN3C4)C2)nn1. The normalized spacial score (nSPS) is 36.4. The van der Waals surface area contributed by atoms with Crippen molar-refractivity contribution in [2.45, 2.75) is 24.8 Å². The van der Waals surface area contributed by atoms with Gasteiger partial charge < -0.3 is 9.64 Å². The monoisotopic (exact) mass is 260 g/mol. The molecule has 19 heavy (non-hydrogen) atoms. The Kier molecular flexibility index (Phi) is 2.45. The third kappa shape index (κ3) is 1.71. The molecule has 5 heteroatoms. The van der Waals surface area contributed by atoms with Crippen LogP contribution in [-0.4, -0.2) is 53.9 Å². The van der Waals surface area contributed by atoms with E-state index in [4.69, 9.17) is 4.74 Å². The predicted molar refractivity (Wildman–Crippen MR) is 72.4 cm³/mol. The first kappa shape index (κ1) is 11.5. The molecule has 3 unspecified atom stereocenters. The first-order chi connectivity index (χ1) is 9.29. The second-order valence-corrected chi connectivity index (χ2v) is 6.13. The molecule has 3 aliphatic heterocycles. The van der Waals surface area contributed by atoms with Gasteiger partial charge in [-0.25, -0.2) is 0 Å². The average molecular weight is 260 g/mol. The third-order valence-corrected chi connectivity index (χ3v) is 5.12. The molecule has 0 N–H and O–H groups in total. The first-order valence-electron chi connectivity index (χ1n) is 7.17. The van der Waals surface area contributed by atoms with E-state index in [1.165, 1.54) is 32.4 Å². The highest BCUT2D eigenvalue weighted by molar-refractivity contribution is 5.41. The van der Waals surface area contributed by atoms with Crippen LogP contribution in [0.3, 0.4) is 0 Å². The Morgan fingerprint density at radius 2 is 2.26 bits per heavy atom. The van der Waals surface area contributed by atoms with E-state index in [1.807, 2.05) is 12.1 Å². The molecule has 4 rings (SSSR count). The molecule has 5 nitrogen and oxygen atoms in total. The fourth-order valence-corrected chi connectivity index (χ4v) is 4.16. The lowest BCUT2D eigenvalue weighted by Crippen LogP contribution is -2.46. The Hall–Kier alpha value is -1.36. The molecular formula is C14H20N4O. The molecule has 3 saturated heterocycles. The molecule has 0 saturated carbocycles. The molecule has 0 amide bonds. The van der Waals surface area contributed by atoms with Gasteiger partial charge in [-0.3, -0.25) is 4.90 Å². The minimum atomic E-state index is 0.435. The van der Waals surface area contributed by atoms with Gasteiger partial charge in [-0.15, -0.1) is 10.2 Å². The second-order valence-electron chi connectivity index (χ2n) is 6.13. The van der Waals surface area contributed by atoms with Crippen molar-refractivity contribution in [3.63, 3.8) is 0 Å².